The summed E-state index contributed by atoms with van der Waals surface area (Å²) in [5.74, 6) is -0.334. The number of sulfone groups is 1. The summed E-state index contributed by atoms with van der Waals surface area (Å²) in [5.41, 5.74) is 0.702. The Morgan fingerprint density at radius 2 is 1.68 bits per heavy atom. The molecule has 3 aromatic rings. The molecule has 2 bridgehead atoms. The highest BCUT2D eigenvalue weighted by Gasteiger charge is 2.52. The molecular formula is C26H26FN3O6S. The van der Waals surface area contributed by atoms with Gasteiger partial charge in [0.25, 0.3) is 5.91 Å². The van der Waals surface area contributed by atoms with Gasteiger partial charge in [-0.25, -0.2) is 18.3 Å². The van der Waals surface area contributed by atoms with Crippen LogP contribution in [-0.2, 0) is 19.4 Å². The third kappa shape index (κ3) is 5.21. The Morgan fingerprint density at radius 1 is 1.05 bits per heavy atom. The number of ether oxygens (including phenoxy) is 2. The van der Waals surface area contributed by atoms with E-state index in [1.165, 1.54) is 60.9 Å². The van der Waals surface area contributed by atoms with E-state index in [0.29, 0.717) is 17.1 Å². The normalized spacial score (nSPS) is 23.8. The van der Waals surface area contributed by atoms with E-state index in [1.807, 2.05) is 0 Å². The molecule has 3 heterocycles. The Bertz CT molecular complexity index is 1340. The van der Waals surface area contributed by atoms with Crippen LogP contribution >= 0.6 is 0 Å². The topological polar surface area (TPSA) is 127 Å². The molecule has 2 fully saturated rings. The van der Waals surface area contributed by atoms with Crippen LogP contribution in [0.15, 0.2) is 78.0 Å². The molecule has 2 aliphatic rings. The van der Waals surface area contributed by atoms with Crippen molar-refractivity contribution < 1.29 is 32.3 Å². The van der Waals surface area contributed by atoms with Crippen LogP contribution in [0.5, 0.6) is 11.5 Å². The summed E-state index contributed by atoms with van der Waals surface area (Å²) < 4.78 is 52.6. The number of halogens is 1. The zero-order chi connectivity index (χ0) is 26.0. The van der Waals surface area contributed by atoms with Crippen LogP contribution in [0.2, 0.25) is 0 Å². The fourth-order valence-corrected chi connectivity index (χ4v) is 6.68. The molecule has 0 radical (unpaired) electrons. The van der Waals surface area contributed by atoms with E-state index in [-0.39, 0.29) is 29.9 Å². The number of fused-ring (bicyclic) bond motifs is 2. The van der Waals surface area contributed by atoms with E-state index in [2.05, 4.69) is 10.3 Å². The van der Waals surface area contributed by atoms with E-state index in [9.17, 15) is 22.8 Å². The van der Waals surface area contributed by atoms with Crippen molar-refractivity contribution in [3.05, 3.63) is 84.4 Å². The second kappa shape index (κ2) is 10.2. The Hall–Kier alpha value is -3.38. The average Bonchev–Trinajstić information content (AvgIpc) is 3.26. The summed E-state index contributed by atoms with van der Waals surface area (Å²) in [6, 6.07) is 14.5. The number of carbonyl (C=O) groups is 1. The van der Waals surface area contributed by atoms with Crippen LogP contribution in [-0.4, -0.2) is 42.3 Å². The van der Waals surface area contributed by atoms with Gasteiger partial charge in [-0.05, 0) is 67.4 Å². The largest absolute Gasteiger partial charge is 0.457 e. The molecule has 37 heavy (non-hydrogen) atoms. The van der Waals surface area contributed by atoms with Crippen LogP contribution in [0.4, 0.5) is 4.39 Å². The maximum Gasteiger partial charge on any atom is 0.263 e. The molecule has 2 aromatic carbocycles. The first-order valence-corrected chi connectivity index (χ1v) is 13.4. The minimum Gasteiger partial charge on any atom is -0.457 e. The lowest BCUT2D eigenvalue weighted by Gasteiger charge is -2.41. The van der Waals surface area contributed by atoms with Gasteiger partial charge in [0.1, 0.15) is 28.2 Å². The first kappa shape index (κ1) is 25.3. The highest BCUT2D eigenvalue weighted by atomic mass is 32.2. The predicted molar refractivity (Wildman–Crippen MR) is 130 cm³/mol. The van der Waals surface area contributed by atoms with Gasteiger partial charge >= 0.3 is 0 Å². The second-order valence-corrected chi connectivity index (χ2v) is 11.3. The van der Waals surface area contributed by atoms with Gasteiger partial charge in [0, 0.05) is 30.8 Å². The number of hydrogen-bond acceptors (Lipinski definition) is 8. The molecule has 11 heteroatoms. The summed E-state index contributed by atoms with van der Waals surface area (Å²) in [5, 5.41) is 11.3. The number of nitrogens with zero attached hydrogens (tertiary/aromatic N) is 1. The minimum absolute atomic E-state index is 0.00472. The summed E-state index contributed by atoms with van der Waals surface area (Å²) >= 11 is 0. The highest BCUT2D eigenvalue weighted by molar-refractivity contribution is 7.91. The standard InChI is InChI=1S/C26H26FN3O6S/c27-18-3-5-19(6-4-18)35-20-9-11-23(12-10-20)37(33,34)24(17-2-1-13-28-16-17)29-26(25(31)30-32)14-21-7-8-22(15-26)36-21/h1-6,9-13,16,21-22,24,29,32H,7-8,14-15H2,(H,30,31)/t21-,22+,24?,26-. The van der Waals surface area contributed by atoms with Gasteiger partial charge < -0.3 is 9.47 Å². The smallest absolute Gasteiger partial charge is 0.263 e. The first-order valence-electron chi connectivity index (χ1n) is 11.8. The van der Waals surface area contributed by atoms with Gasteiger partial charge in [-0.1, -0.05) is 6.07 Å². The van der Waals surface area contributed by atoms with Gasteiger partial charge in [0.15, 0.2) is 9.84 Å². The second-order valence-electron chi connectivity index (χ2n) is 9.27. The van der Waals surface area contributed by atoms with Gasteiger partial charge in [0.2, 0.25) is 0 Å². The SMILES string of the molecule is O=C(NO)[C@@]1(NC(c2cccnc2)S(=O)(=O)c2ccc(Oc3ccc(F)cc3)cc2)C[C@H]2CC[C@@H](C1)O2. The molecule has 4 atom stereocenters. The van der Waals surface area contributed by atoms with E-state index in [0.717, 1.165) is 12.8 Å². The van der Waals surface area contributed by atoms with E-state index in [4.69, 9.17) is 9.47 Å². The Labute approximate surface area is 213 Å². The number of pyridine rings is 1. The summed E-state index contributed by atoms with van der Waals surface area (Å²) in [6.07, 6.45) is 4.46. The van der Waals surface area contributed by atoms with Crippen molar-refractivity contribution in [2.75, 3.05) is 0 Å². The predicted octanol–water partition coefficient (Wildman–Crippen LogP) is 3.66. The number of carbonyl (C=O) groups excluding carboxylic acids is 1. The third-order valence-corrected chi connectivity index (χ3v) is 8.73. The Balaban J connectivity index is 1.47. The van der Waals surface area contributed by atoms with Crippen molar-refractivity contribution in [3.63, 3.8) is 0 Å². The molecule has 1 aromatic heterocycles. The maximum absolute atomic E-state index is 13.9. The van der Waals surface area contributed by atoms with Crippen LogP contribution in [0.25, 0.3) is 0 Å². The van der Waals surface area contributed by atoms with Crippen molar-refractivity contribution in [2.24, 2.45) is 0 Å². The summed E-state index contributed by atoms with van der Waals surface area (Å²) in [4.78, 5) is 17.0. The van der Waals surface area contributed by atoms with Gasteiger partial charge in [-0.2, -0.15) is 0 Å². The van der Waals surface area contributed by atoms with Crippen LogP contribution < -0.4 is 15.5 Å². The number of benzene rings is 2. The molecule has 2 aliphatic heterocycles. The minimum atomic E-state index is -4.10. The van der Waals surface area contributed by atoms with Crippen molar-refractivity contribution in [3.8, 4) is 11.5 Å². The summed E-state index contributed by atoms with van der Waals surface area (Å²) in [7, 11) is -4.10. The van der Waals surface area contributed by atoms with Crippen molar-refractivity contribution >= 4 is 15.7 Å². The number of aromatic nitrogens is 1. The average molecular weight is 528 g/mol. The molecular weight excluding hydrogens is 501 g/mol. The van der Waals surface area contributed by atoms with Crippen LogP contribution in [0, 0.1) is 5.82 Å². The molecule has 5 rings (SSSR count). The van der Waals surface area contributed by atoms with Gasteiger partial charge in [-0.3, -0.25) is 20.3 Å². The van der Waals surface area contributed by atoms with Crippen LogP contribution in [0.1, 0.15) is 36.6 Å². The molecule has 2 saturated heterocycles. The maximum atomic E-state index is 13.9. The molecule has 9 nitrogen and oxygen atoms in total. The molecule has 3 N–H and O–H groups in total. The third-order valence-electron chi connectivity index (χ3n) is 6.79. The first-order chi connectivity index (χ1) is 17.8. The van der Waals surface area contributed by atoms with E-state index < -0.39 is 32.5 Å². The van der Waals surface area contributed by atoms with Crippen molar-refractivity contribution in [1.82, 2.24) is 15.8 Å². The highest BCUT2D eigenvalue weighted by Crippen LogP contribution is 2.41. The molecule has 1 amide bonds. The van der Waals surface area contributed by atoms with Gasteiger partial charge in [0.05, 0.1) is 17.1 Å². The number of hydroxylamine groups is 1. The number of hydrogen-bond donors (Lipinski definition) is 3. The van der Waals surface area contributed by atoms with E-state index >= 15 is 0 Å². The zero-order valence-electron chi connectivity index (χ0n) is 19.7. The molecule has 194 valence electrons. The number of amides is 1. The molecule has 1 unspecified atom stereocenters. The lowest BCUT2D eigenvalue weighted by Crippen LogP contribution is -2.62. The van der Waals surface area contributed by atoms with Crippen molar-refractivity contribution in [1.29, 1.82) is 0 Å². The lowest BCUT2D eigenvalue weighted by atomic mass is 9.85. The Morgan fingerprint density at radius 3 is 2.24 bits per heavy atom. The zero-order valence-corrected chi connectivity index (χ0v) is 20.5. The lowest BCUT2D eigenvalue weighted by molar-refractivity contribution is -0.144. The fourth-order valence-electron chi connectivity index (χ4n) is 5.01. The number of nitrogens with one attached hydrogen (secondary N) is 2. The molecule has 0 spiro atoms. The quantitative estimate of drug-likeness (QED) is 0.299. The van der Waals surface area contributed by atoms with E-state index in [1.54, 1.807) is 17.6 Å². The van der Waals surface area contributed by atoms with Crippen molar-refractivity contribution in [2.45, 2.75) is 53.7 Å². The summed E-state index contributed by atoms with van der Waals surface area (Å²) in [6.45, 7) is 0. The fraction of sp³-hybridized carbons (Fsp3) is 0.308. The van der Waals surface area contributed by atoms with Crippen LogP contribution in [0.3, 0.4) is 0 Å². The monoisotopic (exact) mass is 527 g/mol. The molecule has 0 aliphatic carbocycles. The number of rotatable bonds is 8. The van der Waals surface area contributed by atoms with Gasteiger partial charge in [-0.15, -0.1) is 0 Å². The Kier molecular flexibility index (Phi) is 6.95. The molecule has 0 saturated carbocycles.